The summed E-state index contributed by atoms with van der Waals surface area (Å²) in [5.74, 6) is -0.854. The van der Waals surface area contributed by atoms with Gasteiger partial charge in [0.2, 0.25) is 11.7 Å². The van der Waals surface area contributed by atoms with E-state index in [9.17, 15) is 18.0 Å². The van der Waals surface area contributed by atoms with Gasteiger partial charge >= 0.3 is 6.18 Å². The molecule has 204 valence electrons. The van der Waals surface area contributed by atoms with E-state index >= 15 is 0 Å². The number of nitrogens with zero attached hydrogens (tertiary/aromatic N) is 1. The Bertz CT molecular complexity index is 1430. The zero-order valence-corrected chi connectivity index (χ0v) is 23.7. The molecule has 1 N–H and O–H groups in total. The molecule has 1 amide bonds. The maximum Gasteiger partial charge on any atom is 0.449 e. The number of aryl methyl sites for hydroxylation is 3. The minimum absolute atomic E-state index is 0.114. The molecule has 39 heavy (non-hydrogen) atoms. The number of benzene rings is 3. The number of amides is 1. The van der Waals surface area contributed by atoms with Gasteiger partial charge in [0.15, 0.2) is 0 Å². The van der Waals surface area contributed by atoms with E-state index < -0.39 is 11.9 Å². The molecule has 9 heteroatoms. The van der Waals surface area contributed by atoms with Crippen molar-refractivity contribution in [3.05, 3.63) is 107 Å². The largest absolute Gasteiger partial charge is 0.455 e. The highest BCUT2D eigenvalue weighted by Gasteiger charge is 2.35. The minimum Gasteiger partial charge on any atom is -0.455 e. The van der Waals surface area contributed by atoms with E-state index in [2.05, 4.69) is 16.9 Å². The number of hydrogen-bond donors (Lipinski definition) is 1. The summed E-state index contributed by atoms with van der Waals surface area (Å²) in [6.45, 7) is 8.31. The van der Waals surface area contributed by atoms with Crippen molar-refractivity contribution in [2.75, 3.05) is 0 Å². The van der Waals surface area contributed by atoms with E-state index in [-0.39, 0.29) is 18.2 Å². The van der Waals surface area contributed by atoms with E-state index in [1.807, 2.05) is 73.6 Å². The van der Waals surface area contributed by atoms with Crippen molar-refractivity contribution < 1.29 is 22.4 Å². The average molecular weight is 571 g/mol. The van der Waals surface area contributed by atoms with Crippen molar-refractivity contribution in [2.45, 2.75) is 56.8 Å². The van der Waals surface area contributed by atoms with Crippen molar-refractivity contribution >= 4 is 29.8 Å². The fourth-order valence-electron chi connectivity index (χ4n) is 4.23. The molecule has 0 aliphatic heterocycles. The number of alkyl halides is 3. The highest BCUT2D eigenvalue weighted by molar-refractivity contribution is 7.98. The SMILES string of the molecule is CC(=O)NSc1cccc(-c2ccc(CN(Cc3ccc(C(F)(F)F)o3)Sc3c(C)cc(C)cc3C)cc2)c1. The summed E-state index contributed by atoms with van der Waals surface area (Å²) < 4.78 is 49.3. The fraction of sp³-hybridized carbons (Fsp3) is 0.233. The number of halogens is 3. The summed E-state index contributed by atoms with van der Waals surface area (Å²) >= 11 is 2.79. The van der Waals surface area contributed by atoms with Crippen LogP contribution in [-0.2, 0) is 24.1 Å². The third-order valence-corrected chi connectivity index (χ3v) is 8.11. The Kier molecular flexibility index (Phi) is 9.15. The van der Waals surface area contributed by atoms with Crippen molar-refractivity contribution in [2.24, 2.45) is 0 Å². The summed E-state index contributed by atoms with van der Waals surface area (Å²) in [5, 5.41) is 0. The van der Waals surface area contributed by atoms with Gasteiger partial charge in [-0.1, -0.05) is 54.1 Å². The van der Waals surface area contributed by atoms with Crippen LogP contribution in [0.2, 0.25) is 0 Å². The molecule has 0 saturated heterocycles. The smallest absolute Gasteiger partial charge is 0.449 e. The molecule has 0 unspecified atom stereocenters. The van der Waals surface area contributed by atoms with Gasteiger partial charge in [0.1, 0.15) is 5.76 Å². The second kappa shape index (κ2) is 12.4. The predicted molar refractivity (Wildman–Crippen MR) is 151 cm³/mol. The maximum atomic E-state index is 13.1. The predicted octanol–water partition coefficient (Wildman–Crippen LogP) is 8.74. The number of rotatable bonds is 9. The number of carbonyl (C=O) groups excluding carboxylic acids is 1. The summed E-state index contributed by atoms with van der Waals surface area (Å²) in [4.78, 5) is 13.2. The minimum atomic E-state index is -4.52. The van der Waals surface area contributed by atoms with E-state index in [0.717, 1.165) is 49.2 Å². The third kappa shape index (κ3) is 7.94. The van der Waals surface area contributed by atoms with E-state index in [0.29, 0.717) is 6.54 Å². The first kappa shape index (κ1) is 28.9. The van der Waals surface area contributed by atoms with Crippen molar-refractivity contribution in [1.29, 1.82) is 0 Å². The van der Waals surface area contributed by atoms with Gasteiger partial charge < -0.3 is 4.42 Å². The van der Waals surface area contributed by atoms with Gasteiger partial charge in [0.05, 0.1) is 6.54 Å². The Hall–Kier alpha value is -3.14. The van der Waals surface area contributed by atoms with Gasteiger partial charge in [0, 0.05) is 23.3 Å². The zero-order valence-electron chi connectivity index (χ0n) is 22.1. The second-order valence-electron chi connectivity index (χ2n) is 9.37. The molecule has 0 aliphatic carbocycles. The normalized spacial score (nSPS) is 11.7. The molecule has 0 spiro atoms. The molecule has 4 aromatic rings. The molecule has 3 aromatic carbocycles. The Morgan fingerprint density at radius 3 is 2.21 bits per heavy atom. The van der Waals surface area contributed by atoms with Crippen LogP contribution >= 0.6 is 23.9 Å². The van der Waals surface area contributed by atoms with Crippen LogP contribution < -0.4 is 4.72 Å². The first-order valence-corrected chi connectivity index (χ1v) is 13.9. The Balaban J connectivity index is 1.56. The molecule has 1 aromatic heterocycles. The first-order valence-electron chi connectivity index (χ1n) is 12.3. The van der Waals surface area contributed by atoms with Crippen LogP contribution in [-0.4, -0.2) is 10.2 Å². The van der Waals surface area contributed by atoms with E-state index in [4.69, 9.17) is 4.42 Å². The molecule has 0 atom stereocenters. The highest BCUT2D eigenvalue weighted by atomic mass is 32.2. The molecule has 0 aliphatic rings. The van der Waals surface area contributed by atoms with Gasteiger partial charge in [-0.3, -0.25) is 9.52 Å². The lowest BCUT2D eigenvalue weighted by Gasteiger charge is -2.23. The average Bonchev–Trinajstić information content (AvgIpc) is 3.35. The number of nitrogens with one attached hydrogen (secondary N) is 1. The summed E-state index contributed by atoms with van der Waals surface area (Å²) in [6, 6.07) is 22.6. The summed E-state index contributed by atoms with van der Waals surface area (Å²) in [6.07, 6.45) is -4.52. The van der Waals surface area contributed by atoms with Crippen LogP contribution in [0.1, 0.15) is 40.7 Å². The number of carbonyl (C=O) groups is 1. The lowest BCUT2D eigenvalue weighted by Crippen LogP contribution is -2.15. The molecule has 4 rings (SSSR count). The maximum absolute atomic E-state index is 13.1. The van der Waals surface area contributed by atoms with Crippen molar-refractivity contribution in [1.82, 2.24) is 9.03 Å². The second-order valence-corrected chi connectivity index (χ2v) is 11.4. The Morgan fingerprint density at radius 2 is 1.59 bits per heavy atom. The first-order chi connectivity index (χ1) is 18.5. The van der Waals surface area contributed by atoms with Crippen LogP contribution in [0, 0.1) is 20.8 Å². The molecule has 4 nitrogen and oxygen atoms in total. The van der Waals surface area contributed by atoms with Crippen LogP contribution in [0.5, 0.6) is 0 Å². The quantitative estimate of drug-likeness (QED) is 0.204. The monoisotopic (exact) mass is 570 g/mol. The number of hydrogen-bond acceptors (Lipinski definition) is 5. The fourth-order valence-corrected chi connectivity index (χ4v) is 5.89. The summed E-state index contributed by atoms with van der Waals surface area (Å²) in [7, 11) is 0. The van der Waals surface area contributed by atoms with Gasteiger partial charge in [-0.2, -0.15) is 13.2 Å². The van der Waals surface area contributed by atoms with Crippen LogP contribution in [0.4, 0.5) is 13.2 Å². The zero-order chi connectivity index (χ0) is 28.2. The van der Waals surface area contributed by atoms with Crippen molar-refractivity contribution in [3.63, 3.8) is 0 Å². The number of furan rings is 1. The Labute approximate surface area is 235 Å². The molecular weight excluding hydrogens is 541 g/mol. The Morgan fingerprint density at radius 1 is 0.897 bits per heavy atom. The van der Waals surface area contributed by atoms with E-state index in [1.165, 1.54) is 36.9 Å². The standard InChI is InChI=1S/C30H29F3N2O2S2/c1-19-14-20(2)29(21(3)15-19)39-35(18-26-12-13-28(37-26)30(31,32)33)17-23-8-10-24(11-9-23)25-6-5-7-27(16-25)38-34-22(4)36/h5-16H,17-18H2,1-4H3,(H,34,36). The molecule has 0 radical (unpaired) electrons. The topological polar surface area (TPSA) is 45.5 Å². The van der Waals surface area contributed by atoms with Crippen molar-refractivity contribution in [3.8, 4) is 11.1 Å². The summed E-state index contributed by atoms with van der Waals surface area (Å²) in [5.41, 5.74) is 6.45. The molecule has 1 heterocycles. The van der Waals surface area contributed by atoms with Crippen LogP contribution in [0.15, 0.2) is 87.0 Å². The third-order valence-electron chi connectivity index (χ3n) is 5.89. The lowest BCUT2D eigenvalue weighted by atomic mass is 10.0. The van der Waals surface area contributed by atoms with E-state index in [1.54, 1.807) is 0 Å². The molecule has 0 bridgehead atoms. The lowest BCUT2D eigenvalue weighted by molar-refractivity contribution is -0.153. The van der Waals surface area contributed by atoms with Crippen LogP contribution in [0.25, 0.3) is 11.1 Å². The highest BCUT2D eigenvalue weighted by Crippen LogP contribution is 2.35. The molecular formula is C30H29F3N2O2S2. The van der Waals surface area contributed by atoms with Gasteiger partial charge in [-0.05, 0) is 96.7 Å². The molecule has 0 saturated carbocycles. The molecule has 0 fully saturated rings. The van der Waals surface area contributed by atoms with Gasteiger partial charge in [-0.15, -0.1) is 0 Å². The van der Waals surface area contributed by atoms with Gasteiger partial charge in [-0.25, -0.2) is 4.31 Å². The van der Waals surface area contributed by atoms with Gasteiger partial charge in [0.25, 0.3) is 0 Å². The van der Waals surface area contributed by atoms with Crippen LogP contribution in [0.3, 0.4) is 0 Å².